The summed E-state index contributed by atoms with van der Waals surface area (Å²) in [6.07, 6.45) is 4.75. The number of para-hydroxylation sites is 1. The minimum Gasteiger partial charge on any atom is -0.383 e. The highest BCUT2D eigenvalue weighted by molar-refractivity contribution is 6.04. The zero-order chi connectivity index (χ0) is 16.6. The molecule has 0 atom stereocenters. The first kappa shape index (κ1) is 17.2. The summed E-state index contributed by atoms with van der Waals surface area (Å²) in [5, 5.41) is 3.53. The predicted molar refractivity (Wildman–Crippen MR) is 100 cm³/mol. The van der Waals surface area contributed by atoms with Crippen molar-refractivity contribution in [3.05, 3.63) is 59.9 Å². The van der Waals surface area contributed by atoms with Crippen molar-refractivity contribution in [1.29, 1.82) is 0 Å². The topological polar surface area (TPSA) is 83.6 Å². The van der Waals surface area contributed by atoms with Crippen LogP contribution in [0.1, 0.15) is 28.8 Å². The number of aromatic nitrogens is 1. The summed E-state index contributed by atoms with van der Waals surface area (Å²) in [7, 11) is 0. The van der Waals surface area contributed by atoms with Gasteiger partial charge in [-0.3, -0.25) is 9.78 Å². The van der Waals surface area contributed by atoms with Gasteiger partial charge in [0.15, 0.2) is 0 Å². The molecular formula is C18H20ClN5O. The number of carbonyl (C=O) groups is 1. The molecule has 0 bridgehead atoms. The van der Waals surface area contributed by atoms with E-state index in [1.54, 1.807) is 24.5 Å². The van der Waals surface area contributed by atoms with Crippen LogP contribution < -0.4 is 11.1 Å². The van der Waals surface area contributed by atoms with Gasteiger partial charge in [-0.25, -0.2) is 4.99 Å². The van der Waals surface area contributed by atoms with Crippen LogP contribution in [0.5, 0.6) is 0 Å². The molecule has 0 saturated carbocycles. The molecule has 1 amide bonds. The molecule has 0 aliphatic carbocycles. The Morgan fingerprint density at radius 1 is 1.12 bits per heavy atom. The van der Waals surface area contributed by atoms with Crippen LogP contribution in [0.2, 0.25) is 0 Å². The zero-order valence-corrected chi connectivity index (χ0v) is 14.5. The molecule has 1 aromatic heterocycles. The number of hydrogen-bond donors (Lipinski definition) is 2. The molecule has 3 heterocycles. The van der Waals surface area contributed by atoms with Crippen LogP contribution >= 0.6 is 12.4 Å². The number of carbonyl (C=O) groups excluding carboxylic acids is 1. The van der Waals surface area contributed by atoms with Crippen LogP contribution in [-0.2, 0) is 0 Å². The van der Waals surface area contributed by atoms with Crippen LogP contribution in [0.3, 0.4) is 0 Å². The lowest BCUT2D eigenvalue weighted by molar-refractivity contribution is 0.0685. The van der Waals surface area contributed by atoms with E-state index in [0.717, 1.165) is 24.1 Å². The third kappa shape index (κ3) is 3.17. The molecule has 0 unspecified atom stereocenters. The number of fused-ring (bicyclic) bond motifs is 1. The maximum Gasteiger partial charge on any atom is 0.253 e. The highest BCUT2D eigenvalue weighted by Gasteiger charge is 2.38. The minimum absolute atomic E-state index is 0. The Morgan fingerprint density at radius 2 is 1.80 bits per heavy atom. The molecule has 7 heteroatoms. The van der Waals surface area contributed by atoms with Gasteiger partial charge in [0.1, 0.15) is 11.5 Å². The van der Waals surface area contributed by atoms with E-state index < -0.39 is 5.66 Å². The quantitative estimate of drug-likeness (QED) is 0.820. The van der Waals surface area contributed by atoms with E-state index in [1.807, 2.05) is 29.2 Å². The summed E-state index contributed by atoms with van der Waals surface area (Å²) in [6.45, 7) is 1.29. The SMILES string of the molecule is Cl.NC1=NC2(CCN(C(=O)c3ccncc3)CC2)Nc2ccccc21. The van der Waals surface area contributed by atoms with Gasteiger partial charge < -0.3 is 16.0 Å². The second-order valence-electron chi connectivity index (χ2n) is 6.23. The number of aliphatic imine (C=N–C) groups is 1. The zero-order valence-electron chi connectivity index (χ0n) is 13.7. The van der Waals surface area contributed by atoms with Crippen molar-refractivity contribution in [2.75, 3.05) is 18.4 Å². The average molecular weight is 358 g/mol. The van der Waals surface area contributed by atoms with Gasteiger partial charge in [-0.15, -0.1) is 12.4 Å². The number of anilines is 1. The van der Waals surface area contributed by atoms with Gasteiger partial charge in [-0.2, -0.15) is 0 Å². The monoisotopic (exact) mass is 357 g/mol. The highest BCUT2D eigenvalue weighted by atomic mass is 35.5. The van der Waals surface area contributed by atoms with Crippen molar-refractivity contribution in [3.63, 3.8) is 0 Å². The maximum absolute atomic E-state index is 12.6. The van der Waals surface area contributed by atoms with Crippen molar-refractivity contribution in [2.24, 2.45) is 10.7 Å². The Morgan fingerprint density at radius 3 is 2.52 bits per heavy atom. The number of halogens is 1. The summed E-state index contributed by atoms with van der Waals surface area (Å²) in [5.41, 5.74) is 8.38. The van der Waals surface area contributed by atoms with Gasteiger partial charge in [-0.1, -0.05) is 12.1 Å². The average Bonchev–Trinajstić information content (AvgIpc) is 2.62. The number of benzene rings is 1. The van der Waals surface area contributed by atoms with E-state index in [-0.39, 0.29) is 18.3 Å². The van der Waals surface area contributed by atoms with E-state index in [1.165, 1.54) is 0 Å². The second kappa shape index (κ2) is 6.72. The molecule has 2 aromatic rings. The number of nitrogens with two attached hydrogens (primary N) is 1. The van der Waals surface area contributed by atoms with Gasteiger partial charge in [0, 0.05) is 55.1 Å². The predicted octanol–water partition coefficient (Wildman–Crippen LogP) is 2.27. The molecule has 2 aliphatic heterocycles. The van der Waals surface area contributed by atoms with E-state index in [9.17, 15) is 4.79 Å². The largest absolute Gasteiger partial charge is 0.383 e. The van der Waals surface area contributed by atoms with Crippen molar-refractivity contribution in [3.8, 4) is 0 Å². The maximum atomic E-state index is 12.6. The summed E-state index contributed by atoms with van der Waals surface area (Å²) in [4.78, 5) is 23.1. The minimum atomic E-state index is -0.409. The molecule has 25 heavy (non-hydrogen) atoms. The van der Waals surface area contributed by atoms with E-state index >= 15 is 0 Å². The summed E-state index contributed by atoms with van der Waals surface area (Å²) >= 11 is 0. The number of amidine groups is 1. The Balaban J connectivity index is 0.00000182. The summed E-state index contributed by atoms with van der Waals surface area (Å²) < 4.78 is 0. The lowest BCUT2D eigenvalue weighted by Crippen LogP contribution is -2.52. The summed E-state index contributed by atoms with van der Waals surface area (Å²) in [5.74, 6) is 0.610. The highest BCUT2D eigenvalue weighted by Crippen LogP contribution is 2.34. The number of nitrogens with one attached hydrogen (secondary N) is 1. The summed E-state index contributed by atoms with van der Waals surface area (Å²) in [6, 6.07) is 11.4. The van der Waals surface area contributed by atoms with Crippen LogP contribution in [0.15, 0.2) is 53.8 Å². The fourth-order valence-corrected chi connectivity index (χ4v) is 3.38. The number of piperidine rings is 1. The molecule has 1 saturated heterocycles. The third-order valence-corrected chi connectivity index (χ3v) is 4.71. The van der Waals surface area contributed by atoms with Gasteiger partial charge in [-0.05, 0) is 24.3 Å². The number of pyridine rings is 1. The van der Waals surface area contributed by atoms with E-state index in [2.05, 4.69) is 10.3 Å². The number of rotatable bonds is 1. The van der Waals surface area contributed by atoms with Gasteiger partial charge >= 0.3 is 0 Å². The Bertz CT molecular complexity index is 800. The van der Waals surface area contributed by atoms with Crippen LogP contribution in [0.25, 0.3) is 0 Å². The van der Waals surface area contributed by atoms with E-state index in [0.29, 0.717) is 24.5 Å². The normalized spacial score (nSPS) is 17.8. The molecule has 130 valence electrons. The molecule has 2 aliphatic rings. The van der Waals surface area contributed by atoms with Gasteiger partial charge in [0.05, 0.1) is 0 Å². The van der Waals surface area contributed by atoms with Crippen molar-refractivity contribution in [2.45, 2.75) is 18.5 Å². The fourth-order valence-electron chi connectivity index (χ4n) is 3.38. The Kier molecular flexibility index (Phi) is 4.63. The third-order valence-electron chi connectivity index (χ3n) is 4.71. The number of hydrogen-bond acceptors (Lipinski definition) is 5. The van der Waals surface area contributed by atoms with Gasteiger partial charge in [0.25, 0.3) is 5.91 Å². The molecule has 6 nitrogen and oxygen atoms in total. The molecule has 1 aromatic carbocycles. The van der Waals surface area contributed by atoms with Gasteiger partial charge in [0.2, 0.25) is 0 Å². The Hall–Kier alpha value is -2.60. The lowest BCUT2D eigenvalue weighted by Gasteiger charge is -2.42. The van der Waals surface area contributed by atoms with Crippen LogP contribution in [-0.4, -0.2) is 40.4 Å². The van der Waals surface area contributed by atoms with Crippen LogP contribution in [0, 0.1) is 0 Å². The molecular weight excluding hydrogens is 338 g/mol. The van der Waals surface area contributed by atoms with Crippen molar-refractivity contribution >= 4 is 29.8 Å². The molecule has 0 radical (unpaired) electrons. The standard InChI is InChI=1S/C18H19N5O.ClH/c19-16-14-3-1-2-4-15(14)21-18(22-16)7-11-23(12-8-18)17(24)13-5-9-20-10-6-13;/h1-6,9-10,21H,7-8,11-12H2,(H2,19,22);1H. The van der Waals surface area contributed by atoms with Crippen molar-refractivity contribution in [1.82, 2.24) is 9.88 Å². The first-order valence-electron chi connectivity index (χ1n) is 8.09. The number of amides is 1. The lowest BCUT2D eigenvalue weighted by atomic mass is 9.93. The van der Waals surface area contributed by atoms with Crippen molar-refractivity contribution < 1.29 is 4.79 Å². The number of nitrogens with zero attached hydrogens (tertiary/aromatic N) is 3. The van der Waals surface area contributed by atoms with E-state index in [4.69, 9.17) is 10.7 Å². The fraction of sp³-hybridized carbons (Fsp3) is 0.278. The van der Waals surface area contributed by atoms with Crippen LogP contribution in [0.4, 0.5) is 5.69 Å². The molecule has 1 fully saturated rings. The smallest absolute Gasteiger partial charge is 0.253 e. The second-order valence-corrected chi connectivity index (χ2v) is 6.23. The molecule has 4 rings (SSSR count). The molecule has 1 spiro atoms. The molecule has 3 N–H and O–H groups in total. The first-order chi connectivity index (χ1) is 11.7. The number of likely N-dealkylation sites (tertiary alicyclic amines) is 1. The Labute approximate surface area is 152 Å². The first-order valence-corrected chi connectivity index (χ1v) is 8.09.